The van der Waals surface area contributed by atoms with Crippen molar-refractivity contribution >= 4 is 11.3 Å². The van der Waals surface area contributed by atoms with Crippen LogP contribution < -0.4 is 14.2 Å². The number of benzene rings is 2. The molecule has 110 valence electrons. The molecule has 0 saturated heterocycles. The van der Waals surface area contributed by atoms with Crippen molar-refractivity contribution in [2.45, 2.75) is 0 Å². The van der Waals surface area contributed by atoms with E-state index in [0.717, 1.165) is 39.1 Å². The van der Waals surface area contributed by atoms with Crippen LogP contribution in [-0.4, -0.2) is 18.9 Å². The number of thiazole rings is 1. The number of methoxy groups -OCH3 is 1. The Morgan fingerprint density at radius 3 is 2.86 bits per heavy atom. The van der Waals surface area contributed by atoms with Crippen molar-refractivity contribution in [2.75, 3.05) is 13.9 Å². The summed E-state index contributed by atoms with van der Waals surface area (Å²) in [7, 11) is 1.67. The Balaban J connectivity index is 1.72. The number of para-hydroxylation sites is 1. The second-order valence-corrected chi connectivity index (χ2v) is 5.66. The van der Waals surface area contributed by atoms with Gasteiger partial charge in [-0.05, 0) is 30.3 Å². The van der Waals surface area contributed by atoms with Gasteiger partial charge in [-0.2, -0.15) is 0 Å². The topological polar surface area (TPSA) is 40.6 Å². The predicted octanol–water partition coefficient (Wildman–Crippen LogP) is 4.21. The summed E-state index contributed by atoms with van der Waals surface area (Å²) in [6.07, 6.45) is 0. The minimum Gasteiger partial charge on any atom is -0.496 e. The standard InChI is InChI=1S/C17H13NO3S/c1-19-14-5-3-2-4-12(14)17-18-13(9-22-17)11-6-7-15-16(8-11)21-10-20-15/h2-9H,10H2,1H3. The lowest BCUT2D eigenvalue weighted by Crippen LogP contribution is -1.92. The zero-order valence-electron chi connectivity index (χ0n) is 11.9. The molecular weight excluding hydrogens is 298 g/mol. The molecule has 4 rings (SSSR count). The lowest BCUT2D eigenvalue weighted by atomic mass is 10.1. The predicted molar refractivity (Wildman–Crippen MR) is 85.7 cm³/mol. The molecule has 0 fully saturated rings. The fraction of sp³-hybridized carbons (Fsp3) is 0.118. The van der Waals surface area contributed by atoms with Gasteiger partial charge in [-0.25, -0.2) is 4.98 Å². The SMILES string of the molecule is COc1ccccc1-c1nc(-c2ccc3c(c2)OCO3)cs1. The van der Waals surface area contributed by atoms with E-state index in [4.69, 9.17) is 19.2 Å². The summed E-state index contributed by atoms with van der Waals surface area (Å²) < 4.78 is 16.2. The van der Waals surface area contributed by atoms with Gasteiger partial charge in [-0.3, -0.25) is 0 Å². The summed E-state index contributed by atoms with van der Waals surface area (Å²) in [4.78, 5) is 4.73. The third-order valence-corrected chi connectivity index (χ3v) is 4.39. The molecule has 5 heteroatoms. The van der Waals surface area contributed by atoms with E-state index in [1.807, 2.05) is 47.8 Å². The van der Waals surface area contributed by atoms with Crippen molar-refractivity contribution in [3.63, 3.8) is 0 Å². The monoisotopic (exact) mass is 311 g/mol. The van der Waals surface area contributed by atoms with Crippen LogP contribution >= 0.6 is 11.3 Å². The maximum absolute atomic E-state index is 5.42. The number of nitrogens with zero attached hydrogens (tertiary/aromatic N) is 1. The normalized spacial score (nSPS) is 12.4. The molecule has 22 heavy (non-hydrogen) atoms. The molecule has 0 radical (unpaired) electrons. The second-order valence-electron chi connectivity index (χ2n) is 4.81. The van der Waals surface area contributed by atoms with Crippen LogP contribution in [0.25, 0.3) is 21.8 Å². The van der Waals surface area contributed by atoms with Crippen LogP contribution in [0.1, 0.15) is 0 Å². The third kappa shape index (κ3) is 2.19. The van der Waals surface area contributed by atoms with Gasteiger partial charge in [-0.15, -0.1) is 11.3 Å². The van der Waals surface area contributed by atoms with Crippen LogP contribution in [-0.2, 0) is 0 Å². The molecule has 1 aliphatic rings. The van der Waals surface area contributed by atoms with E-state index in [1.54, 1.807) is 18.4 Å². The summed E-state index contributed by atoms with van der Waals surface area (Å²) >= 11 is 1.60. The molecule has 0 unspecified atom stereocenters. The number of fused-ring (bicyclic) bond motifs is 1. The highest BCUT2D eigenvalue weighted by Crippen LogP contribution is 2.38. The summed E-state index contributed by atoms with van der Waals surface area (Å²) in [5.74, 6) is 2.38. The number of hydrogen-bond acceptors (Lipinski definition) is 5. The zero-order chi connectivity index (χ0) is 14.9. The van der Waals surface area contributed by atoms with Crippen molar-refractivity contribution in [3.8, 4) is 39.1 Å². The first-order chi connectivity index (χ1) is 10.8. The number of aromatic nitrogens is 1. The molecule has 0 spiro atoms. The van der Waals surface area contributed by atoms with E-state index in [2.05, 4.69) is 0 Å². The minimum atomic E-state index is 0.280. The van der Waals surface area contributed by atoms with E-state index in [1.165, 1.54) is 0 Å². The van der Waals surface area contributed by atoms with E-state index in [9.17, 15) is 0 Å². The zero-order valence-corrected chi connectivity index (χ0v) is 12.7. The van der Waals surface area contributed by atoms with Crippen LogP contribution in [0.15, 0.2) is 47.8 Å². The molecule has 0 atom stereocenters. The van der Waals surface area contributed by atoms with Crippen molar-refractivity contribution in [1.82, 2.24) is 4.98 Å². The van der Waals surface area contributed by atoms with Crippen molar-refractivity contribution in [2.24, 2.45) is 0 Å². The molecule has 1 aromatic heterocycles. The molecular formula is C17H13NO3S. The summed E-state index contributed by atoms with van der Waals surface area (Å²) in [5.41, 5.74) is 2.94. The van der Waals surface area contributed by atoms with Gasteiger partial charge < -0.3 is 14.2 Å². The molecule has 0 saturated carbocycles. The maximum Gasteiger partial charge on any atom is 0.231 e. The Morgan fingerprint density at radius 1 is 1.09 bits per heavy atom. The van der Waals surface area contributed by atoms with Gasteiger partial charge in [-0.1, -0.05) is 12.1 Å². The highest BCUT2D eigenvalue weighted by molar-refractivity contribution is 7.13. The Morgan fingerprint density at radius 2 is 1.95 bits per heavy atom. The van der Waals surface area contributed by atoms with Crippen LogP contribution in [0.4, 0.5) is 0 Å². The van der Waals surface area contributed by atoms with Crippen LogP contribution in [0.5, 0.6) is 17.2 Å². The first kappa shape index (κ1) is 13.2. The molecule has 2 aromatic carbocycles. The van der Waals surface area contributed by atoms with Crippen molar-refractivity contribution < 1.29 is 14.2 Å². The van der Waals surface area contributed by atoms with Gasteiger partial charge >= 0.3 is 0 Å². The summed E-state index contributed by atoms with van der Waals surface area (Å²) in [5, 5.41) is 2.98. The molecule has 4 nitrogen and oxygen atoms in total. The Bertz CT molecular complexity index is 828. The minimum absolute atomic E-state index is 0.280. The van der Waals surface area contributed by atoms with Gasteiger partial charge in [0, 0.05) is 10.9 Å². The van der Waals surface area contributed by atoms with E-state index in [0.29, 0.717) is 0 Å². The van der Waals surface area contributed by atoms with E-state index in [-0.39, 0.29) is 6.79 Å². The highest BCUT2D eigenvalue weighted by Gasteiger charge is 2.16. The molecule has 0 amide bonds. The molecule has 0 N–H and O–H groups in total. The van der Waals surface area contributed by atoms with Gasteiger partial charge in [0.1, 0.15) is 10.8 Å². The van der Waals surface area contributed by atoms with E-state index >= 15 is 0 Å². The van der Waals surface area contributed by atoms with Crippen LogP contribution in [0, 0.1) is 0 Å². The second kappa shape index (κ2) is 5.35. The largest absolute Gasteiger partial charge is 0.496 e. The molecule has 0 bridgehead atoms. The molecule has 1 aliphatic heterocycles. The Hall–Kier alpha value is -2.53. The molecule has 0 aliphatic carbocycles. The number of rotatable bonds is 3. The van der Waals surface area contributed by atoms with Gasteiger partial charge in [0.25, 0.3) is 0 Å². The molecule has 2 heterocycles. The lowest BCUT2D eigenvalue weighted by molar-refractivity contribution is 0.174. The first-order valence-corrected chi connectivity index (χ1v) is 7.72. The fourth-order valence-electron chi connectivity index (χ4n) is 2.41. The number of ether oxygens (including phenoxy) is 3. The quantitative estimate of drug-likeness (QED) is 0.726. The van der Waals surface area contributed by atoms with Gasteiger partial charge in [0.2, 0.25) is 6.79 Å². The van der Waals surface area contributed by atoms with E-state index < -0.39 is 0 Å². The smallest absolute Gasteiger partial charge is 0.231 e. The summed E-state index contributed by atoms with van der Waals surface area (Å²) in [6.45, 7) is 0.280. The van der Waals surface area contributed by atoms with Gasteiger partial charge in [0.15, 0.2) is 11.5 Å². The third-order valence-electron chi connectivity index (χ3n) is 3.51. The average Bonchev–Trinajstić information content (AvgIpc) is 3.23. The molecule has 3 aromatic rings. The van der Waals surface area contributed by atoms with Crippen molar-refractivity contribution in [1.29, 1.82) is 0 Å². The first-order valence-electron chi connectivity index (χ1n) is 6.84. The number of hydrogen-bond donors (Lipinski definition) is 0. The van der Waals surface area contributed by atoms with Crippen LogP contribution in [0.3, 0.4) is 0 Å². The fourth-order valence-corrected chi connectivity index (χ4v) is 3.27. The lowest BCUT2D eigenvalue weighted by Gasteiger charge is -2.04. The summed E-state index contributed by atoms with van der Waals surface area (Å²) in [6, 6.07) is 13.8. The Labute approximate surface area is 131 Å². The highest BCUT2D eigenvalue weighted by atomic mass is 32.1. The van der Waals surface area contributed by atoms with Gasteiger partial charge in [0.05, 0.1) is 18.4 Å². The average molecular weight is 311 g/mol. The maximum atomic E-state index is 5.42. The Kier molecular flexibility index (Phi) is 3.20. The van der Waals surface area contributed by atoms with Crippen LogP contribution in [0.2, 0.25) is 0 Å². The van der Waals surface area contributed by atoms with Crippen molar-refractivity contribution in [3.05, 3.63) is 47.8 Å².